The van der Waals surface area contributed by atoms with Gasteiger partial charge < -0.3 is 19.4 Å². The molecule has 2 N–H and O–H groups in total. The summed E-state index contributed by atoms with van der Waals surface area (Å²) in [5, 5.41) is 2.61. The Morgan fingerprint density at radius 2 is 1.92 bits per heavy atom. The molecule has 4 rings (SSSR count). The number of nitrogens with one attached hydrogen (secondary N) is 2. The molecule has 8 nitrogen and oxygen atoms in total. The molecule has 0 saturated carbocycles. The summed E-state index contributed by atoms with van der Waals surface area (Å²) in [6.07, 6.45) is -0.624. The number of rotatable bonds is 3. The van der Waals surface area contributed by atoms with E-state index in [1.54, 1.807) is 12.3 Å². The van der Waals surface area contributed by atoms with Crippen LogP contribution < -0.4 is 19.7 Å². The van der Waals surface area contributed by atoms with Gasteiger partial charge in [-0.2, -0.15) is 0 Å². The molecule has 0 bridgehead atoms. The van der Waals surface area contributed by atoms with E-state index < -0.39 is 12.2 Å². The molecule has 3 heterocycles. The predicted octanol–water partition coefficient (Wildman–Crippen LogP) is 2.60. The highest BCUT2D eigenvalue weighted by Gasteiger charge is 2.43. The second-order valence-corrected chi connectivity index (χ2v) is 5.85. The minimum atomic E-state index is -3.69. The molecule has 1 aromatic carbocycles. The number of nitrogens with zero attached hydrogens (tertiary/aromatic N) is 3. The van der Waals surface area contributed by atoms with E-state index in [4.69, 9.17) is 0 Å². The van der Waals surface area contributed by atoms with E-state index >= 15 is 0 Å². The number of fused-ring (bicyclic) bond motifs is 2. The molecule has 1 aliphatic heterocycles. The van der Waals surface area contributed by atoms with Crippen molar-refractivity contribution < 1.29 is 23.0 Å². The fraction of sp³-hybridized carbons (Fsp3) is 0.188. The number of aromatic amines is 1. The van der Waals surface area contributed by atoms with Gasteiger partial charge in [-0.1, -0.05) is 0 Å². The lowest BCUT2D eigenvalue weighted by Crippen LogP contribution is -2.25. The lowest BCUT2D eigenvalue weighted by Gasteiger charge is -2.12. The summed E-state index contributed by atoms with van der Waals surface area (Å²) < 4.78 is 34.9. The van der Waals surface area contributed by atoms with Crippen LogP contribution in [0.3, 0.4) is 0 Å². The number of amides is 1. The Balaban J connectivity index is 1.58. The number of alkyl halides is 2. The molecule has 1 amide bonds. The van der Waals surface area contributed by atoms with E-state index in [9.17, 15) is 13.6 Å². The monoisotopic (exact) mass is 361 g/mol. The van der Waals surface area contributed by atoms with E-state index in [0.29, 0.717) is 16.6 Å². The maximum atomic E-state index is 13.1. The van der Waals surface area contributed by atoms with Crippen LogP contribution in [0.2, 0.25) is 0 Å². The number of ether oxygens (including phenoxy) is 2. The number of hydrogen-bond donors (Lipinski definition) is 2. The SMILES string of the molecule is CN(C)c1cncc(C(=O)Nc2nc3cc4c(cc3[nH]2)OC(F)(F)O4)c1. The van der Waals surface area contributed by atoms with Crippen molar-refractivity contribution in [3.8, 4) is 11.5 Å². The van der Waals surface area contributed by atoms with Crippen LogP contribution >= 0.6 is 0 Å². The molecular weight excluding hydrogens is 348 g/mol. The van der Waals surface area contributed by atoms with Gasteiger partial charge in [0.05, 0.1) is 28.5 Å². The molecule has 10 heteroatoms. The summed E-state index contributed by atoms with van der Waals surface area (Å²) in [4.78, 5) is 25.2. The van der Waals surface area contributed by atoms with Crippen LogP contribution in [0.1, 0.15) is 10.4 Å². The molecule has 0 saturated heterocycles. The molecule has 2 aromatic heterocycles. The van der Waals surface area contributed by atoms with Crippen molar-refractivity contribution in [2.24, 2.45) is 0 Å². The average Bonchev–Trinajstić information content (AvgIpc) is 3.09. The van der Waals surface area contributed by atoms with Crippen LogP contribution in [0.5, 0.6) is 11.5 Å². The molecule has 0 radical (unpaired) electrons. The summed E-state index contributed by atoms with van der Waals surface area (Å²) in [6, 6.07) is 4.33. The number of benzene rings is 1. The Bertz CT molecular complexity index is 973. The number of imidazole rings is 1. The number of H-pyrrole nitrogens is 1. The van der Waals surface area contributed by atoms with Gasteiger partial charge in [0.1, 0.15) is 0 Å². The Labute approximate surface area is 145 Å². The number of halogens is 2. The Kier molecular flexibility index (Phi) is 3.43. The van der Waals surface area contributed by atoms with Crippen molar-refractivity contribution in [1.82, 2.24) is 15.0 Å². The third-order valence-electron chi connectivity index (χ3n) is 3.74. The van der Waals surface area contributed by atoms with Crippen molar-refractivity contribution in [2.45, 2.75) is 6.29 Å². The number of pyridine rings is 1. The van der Waals surface area contributed by atoms with Crippen LogP contribution in [-0.2, 0) is 0 Å². The third kappa shape index (κ3) is 2.85. The van der Waals surface area contributed by atoms with E-state index in [1.165, 1.54) is 18.3 Å². The highest BCUT2D eigenvalue weighted by Crippen LogP contribution is 2.42. The average molecular weight is 361 g/mol. The first kappa shape index (κ1) is 16.1. The molecule has 0 aliphatic carbocycles. The molecule has 0 atom stereocenters. The van der Waals surface area contributed by atoms with E-state index in [1.807, 2.05) is 19.0 Å². The highest BCUT2D eigenvalue weighted by atomic mass is 19.3. The smallest absolute Gasteiger partial charge is 0.395 e. The zero-order valence-electron chi connectivity index (χ0n) is 13.7. The summed E-state index contributed by atoms with van der Waals surface area (Å²) in [5.41, 5.74) is 1.89. The van der Waals surface area contributed by atoms with Gasteiger partial charge in [-0.25, -0.2) is 4.98 Å². The van der Waals surface area contributed by atoms with Crippen LogP contribution in [0.15, 0.2) is 30.6 Å². The number of carbonyl (C=O) groups is 1. The molecule has 3 aromatic rings. The zero-order valence-corrected chi connectivity index (χ0v) is 13.7. The van der Waals surface area contributed by atoms with Crippen molar-refractivity contribution >= 4 is 28.6 Å². The first-order valence-corrected chi connectivity index (χ1v) is 7.54. The van der Waals surface area contributed by atoms with Crippen LogP contribution in [0.25, 0.3) is 11.0 Å². The maximum absolute atomic E-state index is 13.1. The van der Waals surface area contributed by atoms with Crippen LogP contribution in [0, 0.1) is 0 Å². The fourth-order valence-electron chi connectivity index (χ4n) is 2.49. The second-order valence-electron chi connectivity index (χ2n) is 5.85. The van der Waals surface area contributed by atoms with Gasteiger partial charge in [0, 0.05) is 32.4 Å². The normalized spacial score (nSPS) is 14.5. The molecule has 0 spiro atoms. The quantitative estimate of drug-likeness (QED) is 0.745. The lowest BCUT2D eigenvalue weighted by atomic mass is 10.2. The minimum Gasteiger partial charge on any atom is -0.395 e. The van der Waals surface area contributed by atoms with Crippen LogP contribution in [0.4, 0.5) is 20.4 Å². The van der Waals surface area contributed by atoms with Gasteiger partial charge in [0.25, 0.3) is 5.91 Å². The van der Waals surface area contributed by atoms with Gasteiger partial charge in [0.2, 0.25) is 5.95 Å². The standard InChI is InChI=1S/C16H13F2N5O3/c1-23(2)9-3-8(6-19-7-9)14(24)22-15-20-10-4-12-13(5-11(10)21-15)26-16(17,18)25-12/h3-7H,1-2H3,(H2,20,21,22,24). The minimum absolute atomic E-state index is 0.105. The number of anilines is 2. The van der Waals surface area contributed by atoms with E-state index in [0.717, 1.165) is 5.69 Å². The van der Waals surface area contributed by atoms with E-state index in [-0.39, 0.29) is 17.4 Å². The third-order valence-corrected chi connectivity index (χ3v) is 3.74. The molecule has 26 heavy (non-hydrogen) atoms. The highest BCUT2D eigenvalue weighted by molar-refractivity contribution is 6.04. The Hall–Kier alpha value is -3.43. The zero-order chi connectivity index (χ0) is 18.5. The molecule has 1 aliphatic rings. The summed E-state index contributed by atoms with van der Waals surface area (Å²) in [6.45, 7) is 0. The van der Waals surface area contributed by atoms with Gasteiger partial charge in [-0.05, 0) is 6.07 Å². The van der Waals surface area contributed by atoms with Gasteiger partial charge in [0.15, 0.2) is 11.5 Å². The summed E-state index contributed by atoms with van der Waals surface area (Å²) in [5.74, 6) is -0.468. The van der Waals surface area contributed by atoms with E-state index in [2.05, 4.69) is 29.7 Å². The first-order chi connectivity index (χ1) is 12.3. The van der Waals surface area contributed by atoms with Gasteiger partial charge in [-0.15, -0.1) is 8.78 Å². The molecule has 134 valence electrons. The second kappa shape index (κ2) is 5.55. The first-order valence-electron chi connectivity index (χ1n) is 7.54. The van der Waals surface area contributed by atoms with Crippen LogP contribution in [-0.4, -0.2) is 41.2 Å². The summed E-state index contributed by atoms with van der Waals surface area (Å²) >= 11 is 0. The lowest BCUT2D eigenvalue weighted by molar-refractivity contribution is -0.286. The fourth-order valence-corrected chi connectivity index (χ4v) is 2.49. The molecular formula is C16H13F2N5O3. The van der Waals surface area contributed by atoms with Crippen molar-refractivity contribution in [1.29, 1.82) is 0 Å². The van der Waals surface area contributed by atoms with Crippen molar-refractivity contribution in [3.63, 3.8) is 0 Å². The summed E-state index contributed by atoms with van der Waals surface area (Å²) in [7, 11) is 3.68. The topological polar surface area (TPSA) is 92.4 Å². The Morgan fingerprint density at radius 1 is 1.19 bits per heavy atom. The molecule has 0 unspecified atom stereocenters. The number of aromatic nitrogens is 3. The Morgan fingerprint density at radius 3 is 2.65 bits per heavy atom. The molecule has 0 fully saturated rings. The predicted molar refractivity (Wildman–Crippen MR) is 88.8 cm³/mol. The largest absolute Gasteiger partial charge is 0.586 e. The maximum Gasteiger partial charge on any atom is 0.586 e. The van der Waals surface area contributed by atoms with Gasteiger partial charge >= 0.3 is 6.29 Å². The number of hydrogen-bond acceptors (Lipinski definition) is 6. The number of carbonyl (C=O) groups excluding carboxylic acids is 1. The van der Waals surface area contributed by atoms with Crippen molar-refractivity contribution in [2.75, 3.05) is 24.3 Å². The van der Waals surface area contributed by atoms with Crippen molar-refractivity contribution in [3.05, 3.63) is 36.2 Å². The van der Waals surface area contributed by atoms with Gasteiger partial charge in [-0.3, -0.25) is 15.1 Å².